The second kappa shape index (κ2) is 6.34. The number of aryl methyl sites for hydroxylation is 2. The maximum absolute atomic E-state index is 4.64. The van der Waals surface area contributed by atoms with Crippen molar-refractivity contribution >= 4 is 5.71 Å². The molecule has 0 bridgehead atoms. The zero-order valence-corrected chi connectivity index (χ0v) is 12.2. The number of nitrogens with zero attached hydrogens (tertiary/aromatic N) is 1. The van der Waals surface area contributed by atoms with Gasteiger partial charge in [0.1, 0.15) is 0 Å². The fraction of sp³-hybridized carbons (Fsp3) is 0.353. The van der Waals surface area contributed by atoms with E-state index in [1.54, 1.807) is 0 Å². The van der Waals surface area contributed by atoms with Crippen LogP contribution in [0.3, 0.4) is 0 Å². The van der Waals surface area contributed by atoms with Gasteiger partial charge >= 0.3 is 0 Å². The lowest BCUT2D eigenvalue weighted by Crippen LogP contribution is -1.98. The van der Waals surface area contributed by atoms with E-state index in [9.17, 15) is 0 Å². The summed E-state index contributed by atoms with van der Waals surface area (Å²) in [7, 11) is 0. The molecule has 0 saturated carbocycles. The summed E-state index contributed by atoms with van der Waals surface area (Å²) in [4.78, 5) is 4.64. The van der Waals surface area contributed by atoms with Crippen molar-refractivity contribution in [3.8, 4) is 0 Å². The molecule has 1 aromatic rings. The molecule has 0 radical (unpaired) electrons. The summed E-state index contributed by atoms with van der Waals surface area (Å²) < 4.78 is 0. The highest BCUT2D eigenvalue weighted by Gasteiger charge is 2.02. The van der Waals surface area contributed by atoms with Crippen molar-refractivity contribution in [2.75, 3.05) is 0 Å². The van der Waals surface area contributed by atoms with Crippen LogP contribution in [0, 0.1) is 6.92 Å². The molecule has 0 aliphatic heterocycles. The Bertz CT molecular complexity index is 500. The molecule has 0 saturated heterocycles. The molecule has 1 rings (SSSR count). The van der Waals surface area contributed by atoms with Crippen molar-refractivity contribution in [3.05, 3.63) is 58.8 Å². The second-order valence-electron chi connectivity index (χ2n) is 4.78. The molecule has 0 aliphatic carbocycles. The van der Waals surface area contributed by atoms with Crippen LogP contribution >= 0.6 is 0 Å². The molecule has 0 heterocycles. The first-order valence-electron chi connectivity index (χ1n) is 6.44. The van der Waals surface area contributed by atoms with E-state index in [0.29, 0.717) is 0 Å². The van der Waals surface area contributed by atoms with Gasteiger partial charge in [-0.1, -0.05) is 31.2 Å². The summed E-state index contributed by atoms with van der Waals surface area (Å²) >= 11 is 0. The van der Waals surface area contributed by atoms with Crippen molar-refractivity contribution in [1.29, 1.82) is 0 Å². The lowest BCUT2D eigenvalue weighted by Gasteiger charge is -2.07. The van der Waals surface area contributed by atoms with Crippen molar-refractivity contribution < 1.29 is 0 Å². The Morgan fingerprint density at radius 3 is 2.39 bits per heavy atom. The highest BCUT2D eigenvalue weighted by molar-refractivity contribution is 5.99. The van der Waals surface area contributed by atoms with E-state index in [2.05, 4.69) is 57.5 Å². The maximum Gasteiger partial charge on any atom is 0.0613 e. The Morgan fingerprint density at radius 1 is 1.28 bits per heavy atom. The van der Waals surface area contributed by atoms with E-state index < -0.39 is 0 Å². The van der Waals surface area contributed by atoms with Gasteiger partial charge in [-0.05, 0) is 62.9 Å². The van der Waals surface area contributed by atoms with Crippen LogP contribution in [0.15, 0.2) is 47.1 Å². The Balaban J connectivity index is 3.15. The number of rotatable bonds is 4. The lowest BCUT2D eigenvalue weighted by atomic mass is 10.0. The van der Waals surface area contributed by atoms with E-state index in [-0.39, 0.29) is 0 Å². The molecule has 0 amide bonds. The topological polar surface area (TPSA) is 12.4 Å². The van der Waals surface area contributed by atoms with Gasteiger partial charge in [-0.3, -0.25) is 4.99 Å². The summed E-state index contributed by atoms with van der Waals surface area (Å²) in [6.07, 6.45) is 2.89. The monoisotopic (exact) mass is 241 g/mol. The summed E-state index contributed by atoms with van der Waals surface area (Å²) in [5.74, 6) is 0. The molecule has 96 valence electrons. The van der Waals surface area contributed by atoms with Gasteiger partial charge in [0.25, 0.3) is 0 Å². The van der Waals surface area contributed by atoms with Crippen LogP contribution in [0.25, 0.3) is 0 Å². The molecule has 0 aromatic heterocycles. The minimum absolute atomic E-state index is 0.963. The van der Waals surface area contributed by atoms with Crippen LogP contribution < -0.4 is 0 Å². The molecule has 0 unspecified atom stereocenters. The van der Waals surface area contributed by atoms with E-state index >= 15 is 0 Å². The summed E-state index contributed by atoms with van der Waals surface area (Å²) in [6.45, 7) is 14.3. The minimum Gasteiger partial charge on any atom is -0.253 e. The average Bonchev–Trinajstić information content (AvgIpc) is 2.35. The molecule has 0 fully saturated rings. The molecular formula is C17H23N. The van der Waals surface area contributed by atoms with Crippen LogP contribution in [0.2, 0.25) is 0 Å². The molecule has 1 heteroatoms. The van der Waals surface area contributed by atoms with Crippen LogP contribution in [-0.2, 0) is 6.42 Å². The third-order valence-electron chi connectivity index (χ3n) is 3.14. The molecule has 1 aromatic carbocycles. The highest BCUT2D eigenvalue weighted by atomic mass is 14.7. The van der Waals surface area contributed by atoms with Gasteiger partial charge in [0.05, 0.1) is 5.70 Å². The third kappa shape index (κ3) is 3.43. The van der Waals surface area contributed by atoms with E-state index in [0.717, 1.165) is 17.8 Å². The smallest absolute Gasteiger partial charge is 0.0613 e. The van der Waals surface area contributed by atoms with Gasteiger partial charge in [0.2, 0.25) is 0 Å². The normalized spacial score (nSPS) is 11.3. The van der Waals surface area contributed by atoms with Gasteiger partial charge in [0, 0.05) is 5.71 Å². The first-order chi connectivity index (χ1) is 8.49. The van der Waals surface area contributed by atoms with Gasteiger partial charge in [0.15, 0.2) is 0 Å². The molecule has 0 N–H and O–H groups in total. The SMILES string of the molecule is C=CC(N=C(C)c1ccc(CC)c(C)c1)=C(C)C. The van der Waals surface area contributed by atoms with E-state index in [4.69, 9.17) is 0 Å². The number of aliphatic imine (C=N–C) groups is 1. The first-order valence-corrected chi connectivity index (χ1v) is 6.44. The Morgan fingerprint density at radius 2 is 1.94 bits per heavy atom. The predicted molar refractivity (Wildman–Crippen MR) is 81.3 cm³/mol. The Kier molecular flexibility index (Phi) is 5.08. The standard InChI is InChI=1S/C17H23N/c1-7-15-9-10-16(11-13(15)5)14(6)18-17(8-2)12(3)4/h8-11H,2,7H2,1,3-6H3. The number of hydrogen-bond donors (Lipinski definition) is 0. The van der Waals surface area contributed by atoms with Gasteiger partial charge < -0.3 is 0 Å². The molecule has 0 spiro atoms. The maximum atomic E-state index is 4.64. The third-order valence-corrected chi connectivity index (χ3v) is 3.14. The summed E-state index contributed by atoms with van der Waals surface area (Å²) in [6, 6.07) is 6.56. The van der Waals surface area contributed by atoms with Crippen LogP contribution in [-0.4, -0.2) is 5.71 Å². The zero-order chi connectivity index (χ0) is 13.7. The van der Waals surface area contributed by atoms with Crippen molar-refractivity contribution in [3.63, 3.8) is 0 Å². The molecule has 0 aliphatic rings. The largest absolute Gasteiger partial charge is 0.253 e. The summed E-state index contributed by atoms with van der Waals surface area (Å²) in [5.41, 5.74) is 7.11. The predicted octanol–water partition coefficient (Wildman–Crippen LogP) is 4.85. The Labute approximate surface area is 111 Å². The van der Waals surface area contributed by atoms with Gasteiger partial charge in [-0.2, -0.15) is 0 Å². The van der Waals surface area contributed by atoms with Gasteiger partial charge in [-0.15, -0.1) is 0 Å². The number of benzene rings is 1. The van der Waals surface area contributed by atoms with Crippen molar-refractivity contribution in [1.82, 2.24) is 0 Å². The first kappa shape index (κ1) is 14.4. The van der Waals surface area contributed by atoms with Crippen LogP contribution in [0.4, 0.5) is 0 Å². The van der Waals surface area contributed by atoms with E-state index in [1.807, 2.05) is 13.0 Å². The van der Waals surface area contributed by atoms with Crippen molar-refractivity contribution in [2.45, 2.75) is 41.0 Å². The number of allylic oxidation sites excluding steroid dienone is 2. The highest BCUT2D eigenvalue weighted by Crippen LogP contribution is 2.14. The van der Waals surface area contributed by atoms with Crippen LogP contribution in [0.5, 0.6) is 0 Å². The second-order valence-corrected chi connectivity index (χ2v) is 4.78. The lowest BCUT2D eigenvalue weighted by molar-refractivity contribution is 1.11. The van der Waals surface area contributed by atoms with E-state index in [1.165, 1.54) is 22.3 Å². The fourth-order valence-electron chi connectivity index (χ4n) is 1.92. The fourth-order valence-corrected chi connectivity index (χ4v) is 1.92. The summed E-state index contributed by atoms with van der Waals surface area (Å²) in [5, 5.41) is 0. The average molecular weight is 241 g/mol. The molecular weight excluding hydrogens is 218 g/mol. The molecule has 0 atom stereocenters. The number of hydrogen-bond acceptors (Lipinski definition) is 1. The zero-order valence-electron chi connectivity index (χ0n) is 12.2. The quantitative estimate of drug-likeness (QED) is 0.528. The minimum atomic E-state index is 0.963. The van der Waals surface area contributed by atoms with Crippen LogP contribution in [0.1, 0.15) is 44.4 Å². The Hall–Kier alpha value is -1.63. The molecule has 18 heavy (non-hydrogen) atoms. The molecule has 1 nitrogen and oxygen atoms in total. The van der Waals surface area contributed by atoms with Gasteiger partial charge in [-0.25, -0.2) is 0 Å². The van der Waals surface area contributed by atoms with Crippen molar-refractivity contribution in [2.24, 2.45) is 4.99 Å².